The molecule has 1 fully saturated rings. The zero-order valence-corrected chi connectivity index (χ0v) is 12.9. The summed E-state index contributed by atoms with van der Waals surface area (Å²) in [7, 11) is 0. The lowest BCUT2D eigenvalue weighted by atomic mass is 10.1. The van der Waals surface area contributed by atoms with E-state index in [2.05, 4.69) is 15.1 Å². The van der Waals surface area contributed by atoms with E-state index in [1.165, 1.54) is 4.90 Å². The molecule has 1 unspecified atom stereocenters. The van der Waals surface area contributed by atoms with Gasteiger partial charge in [0, 0.05) is 42.9 Å². The van der Waals surface area contributed by atoms with E-state index in [9.17, 15) is 13.6 Å². The number of benzene rings is 1. The normalized spacial score (nSPS) is 17.3. The molecule has 0 bridgehead atoms. The molecule has 1 aliphatic heterocycles. The number of pyridine rings is 1. The predicted octanol–water partition coefficient (Wildman–Crippen LogP) is 2.93. The van der Waals surface area contributed by atoms with E-state index in [1.54, 1.807) is 24.5 Å². The minimum atomic E-state index is -0.652. The molecule has 2 aromatic heterocycles. The average Bonchev–Trinajstić information content (AvgIpc) is 3.25. The van der Waals surface area contributed by atoms with Gasteiger partial charge < -0.3 is 9.42 Å². The number of carbonyl (C=O) groups is 1. The van der Waals surface area contributed by atoms with Gasteiger partial charge in [-0.3, -0.25) is 9.78 Å². The third-order valence-electron chi connectivity index (χ3n) is 4.06. The summed E-state index contributed by atoms with van der Waals surface area (Å²) in [5.74, 6) is -1.24. The lowest BCUT2D eigenvalue weighted by molar-refractivity contribution is -0.117. The summed E-state index contributed by atoms with van der Waals surface area (Å²) in [4.78, 5) is 21.7. The molecule has 4 rings (SSSR count). The van der Waals surface area contributed by atoms with E-state index in [0.29, 0.717) is 17.3 Å². The molecular formula is C17H12F2N4O2. The molecule has 126 valence electrons. The fourth-order valence-electron chi connectivity index (χ4n) is 2.82. The van der Waals surface area contributed by atoms with Crippen LogP contribution in [0, 0.1) is 11.6 Å². The molecular weight excluding hydrogens is 330 g/mol. The first-order valence-electron chi connectivity index (χ1n) is 7.61. The van der Waals surface area contributed by atoms with Crippen molar-refractivity contribution in [3.63, 3.8) is 0 Å². The summed E-state index contributed by atoms with van der Waals surface area (Å²) < 4.78 is 32.6. The molecule has 0 radical (unpaired) electrons. The number of nitrogens with zero attached hydrogens (tertiary/aromatic N) is 4. The first-order chi connectivity index (χ1) is 12.1. The molecule has 25 heavy (non-hydrogen) atoms. The number of amides is 1. The number of rotatable bonds is 3. The zero-order valence-electron chi connectivity index (χ0n) is 12.9. The Balaban J connectivity index is 1.59. The van der Waals surface area contributed by atoms with Crippen molar-refractivity contribution >= 4 is 11.6 Å². The van der Waals surface area contributed by atoms with Gasteiger partial charge in [0.2, 0.25) is 5.91 Å². The largest absolute Gasteiger partial charge is 0.334 e. The van der Waals surface area contributed by atoms with Gasteiger partial charge in [-0.15, -0.1) is 0 Å². The molecule has 8 heteroatoms. The van der Waals surface area contributed by atoms with Gasteiger partial charge in [-0.05, 0) is 24.3 Å². The maximum atomic E-state index is 13.9. The number of aromatic nitrogens is 3. The Morgan fingerprint density at radius 1 is 1.16 bits per heavy atom. The van der Waals surface area contributed by atoms with Crippen LogP contribution in [0.25, 0.3) is 11.5 Å². The van der Waals surface area contributed by atoms with Gasteiger partial charge in [-0.2, -0.15) is 4.98 Å². The van der Waals surface area contributed by atoms with Crippen molar-refractivity contribution in [3.8, 4) is 11.5 Å². The van der Waals surface area contributed by atoms with Crippen LogP contribution >= 0.6 is 0 Å². The second kappa shape index (κ2) is 6.04. The topological polar surface area (TPSA) is 72.1 Å². The molecule has 6 nitrogen and oxygen atoms in total. The van der Waals surface area contributed by atoms with Gasteiger partial charge in [-0.25, -0.2) is 8.78 Å². The highest BCUT2D eigenvalue weighted by molar-refractivity contribution is 5.96. The Kier molecular flexibility index (Phi) is 3.72. The van der Waals surface area contributed by atoms with E-state index in [4.69, 9.17) is 4.52 Å². The molecule has 1 saturated heterocycles. The van der Waals surface area contributed by atoms with Crippen LogP contribution in [0.3, 0.4) is 0 Å². The van der Waals surface area contributed by atoms with E-state index < -0.39 is 11.6 Å². The smallest absolute Gasteiger partial charge is 0.258 e. The lowest BCUT2D eigenvalue weighted by Gasteiger charge is -2.16. The maximum absolute atomic E-state index is 13.9. The molecule has 0 saturated carbocycles. The van der Waals surface area contributed by atoms with E-state index >= 15 is 0 Å². The highest BCUT2D eigenvalue weighted by Crippen LogP contribution is 2.33. The van der Waals surface area contributed by atoms with Crippen molar-refractivity contribution in [2.24, 2.45) is 0 Å². The number of hydrogen-bond donors (Lipinski definition) is 0. The highest BCUT2D eigenvalue weighted by atomic mass is 19.1. The maximum Gasteiger partial charge on any atom is 0.258 e. The molecule has 1 amide bonds. The fourth-order valence-corrected chi connectivity index (χ4v) is 2.82. The van der Waals surface area contributed by atoms with Gasteiger partial charge in [0.15, 0.2) is 5.82 Å². The van der Waals surface area contributed by atoms with Gasteiger partial charge in [0.25, 0.3) is 5.89 Å². The van der Waals surface area contributed by atoms with E-state index in [1.807, 2.05) is 0 Å². The molecule has 1 aliphatic rings. The van der Waals surface area contributed by atoms with E-state index in [-0.39, 0.29) is 30.5 Å². The average molecular weight is 342 g/mol. The number of anilines is 1. The molecule has 1 aromatic carbocycles. The Bertz CT molecular complexity index is 929. The molecule has 1 atom stereocenters. The Morgan fingerprint density at radius 2 is 1.96 bits per heavy atom. The summed E-state index contributed by atoms with van der Waals surface area (Å²) in [6.07, 6.45) is 3.31. The highest BCUT2D eigenvalue weighted by Gasteiger charge is 2.35. The number of halogens is 2. The van der Waals surface area contributed by atoms with Gasteiger partial charge in [0.1, 0.15) is 11.6 Å². The predicted molar refractivity (Wildman–Crippen MR) is 83.6 cm³/mol. The van der Waals surface area contributed by atoms with Crippen molar-refractivity contribution in [1.82, 2.24) is 15.1 Å². The summed E-state index contributed by atoms with van der Waals surface area (Å²) in [6, 6.07) is 6.48. The molecule has 0 spiro atoms. The van der Waals surface area contributed by atoms with Crippen LogP contribution in [0.15, 0.2) is 47.2 Å². The third-order valence-corrected chi connectivity index (χ3v) is 4.06. The van der Waals surface area contributed by atoms with Crippen LogP contribution in [0.1, 0.15) is 18.2 Å². The van der Waals surface area contributed by atoms with Crippen LogP contribution in [0.2, 0.25) is 0 Å². The Hall–Kier alpha value is -3.16. The van der Waals surface area contributed by atoms with Crippen LogP contribution in [-0.2, 0) is 4.79 Å². The van der Waals surface area contributed by atoms with Gasteiger partial charge >= 0.3 is 0 Å². The SMILES string of the molecule is O=C1CC(c2noc(-c3ccncc3)n2)CN1c1cc(F)ccc1F. The first kappa shape index (κ1) is 15.4. The first-order valence-corrected chi connectivity index (χ1v) is 7.61. The Morgan fingerprint density at radius 3 is 2.76 bits per heavy atom. The van der Waals surface area contributed by atoms with Crippen molar-refractivity contribution in [3.05, 3.63) is 60.2 Å². The molecule has 3 heterocycles. The molecule has 3 aromatic rings. The fraction of sp³-hybridized carbons (Fsp3) is 0.176. The standard InChI is InChI=1S/C17H12F2N4O2/c18-12-1-2-13(19)14(8-12)23-9-11(7-15(23)24)16-21-17(25-22-16)10-3-5-20-6-4-10/h1-6,8,11H,7,9H2. The summed E-state index contributed by atoms with van der Waals surface area (Å²) in [5.41, 5.74) is 0.636. The summed E-state index contributed by atoms with van der Waals surface area (Å²) >= 11 is 0. The monoisotopic (exact) mass is 342 g/mol. The van der Waals surface area contributed by atoms with Gasteiger partial charge in [0.05, 0.1) is 5.69 Å². The van der Waals surface area contributed by atoms with Crippen molar-refractivity contribution in [2.45, 2.75) is 12.3 Å². The Labute approximate surface area is 141 Å². The quantitative estimate of drug-likeness (QED) is 0.732. The molecule has 0 N–H and O–H groups in total. The molecule has 0 aliphatic carbocycles. The van der Waals surface area contributed by atoms with Crippen LogP contribution in [0.4, 0.5) is 14.5 Å². The van der Waals surface area contributed by atoms with Gasteiger partial charge in [-0.1, -0.05) is 5.16 Å². The van der Waals surface area contributed by atoms with E-state index in [0.717, 1.165) is 18.2 Å². The van der Waals surface area contributed by atoms with Crippen LogP contribution in [0.5, 0.6) is 0 Å². The number of carbonyl (C=O) groups excluding carboxylic acids is 1. The lowest BCUT2D eigenvalue weighted by Crippen LogP contribution is -2.25. The minimum absolute atomic E-state index is 0.0784. The second-order valence-corrected chi connectivity index (χ2v) is 5.69. The van der Waals surface area contributed by atoms with Crippen molar-refractivity contribution in [1.29, 1.82) is 0 Å². The van der Waals surface area contributed by atoms with Crippen molar-refractivity contribution < 1.29 is 18.1 Å². The summed E-state index contributed by atoms with van der Waals surface area (Å²) in [6.45, 7) is 0.161. The second-order valence-electron chi connectivity index (χ2n) is 5.69. The zero-order chi connectivity index (χ0) is 17.4. The summed E-state index contributed by atoms with van der Waals surface area (Å²) in [5, 5.41) is 3.92. The number of hydrogen-bond acceptors (Lipinski definition) is 5. The van der Waals surface area contributed by atoms with Crippen molar-refractivity contribution in [2.75, 3.05) is 11.4 Å². The van der Waals surface area contributed by atoms with Crippen LogP contribution in [-0.4, -0.2) is 27.6 Å². The minimum Gasteiger partial charge on any atom is -0.334 e. The van der Waals surface area contributed by atoms with Crippen LogP contribution < -0.4 is 4.90 Å². The third kappa shape index (κ3) is 2.86.